The number of carbonyl (C=O) groups is 1. The summed E-state index contributed by atoms with van der Waals surface area (Å²) < 4.78 is 1.84. The van der Waals surface area contributed by atoms with E-state index >= 15 is 0 Å². The summed E-state index contributed by atoms with van der Waals surface area (Å²) in [5.41, 5.74) is 0.146. The highest BCUT2D eigenvalue weighted by Gasteiger charge is 2.33. The van der Waals surface area contributed by atoms with Gasteiger partial charge >= 0.3 is 6.03 Å². The molecule has 2 aliphatic rings. The number of aromatic nitrogens is 4. The summed E-state index contributed by atoms with van der Waals surface area (Å²) in [6.07, 6.45) is 7.44. The van der Waals surface area contributed by atoms with E-state index in [1.807, 2.05) is 11.6 Å². The first-order chi connectivity index (χ1) is 11.0. The molecular formula is C16H28N6O. The predicted octanol–water partition coefficient (Wildman–Crippen LogP) is 2.58. The molecule has 128 valence electrons. The zero-order chi connectivity index (χ0) is 16.4. The molecule has 3 rings (SSSR count). The fourth-order valence-electron chi connectivity index (χ4n) is 3.54. The zero-order valence-corrected chi connectivity index (χ0v) is 14.4. The van der Waals surface area contributed by atoms with Crippen LogP contribution in [0.25, 0.3) is 0 Å². The molecule has 7 heteroatoms. The monoisotopic (exact) mass is 320 g/mol. The van der Waals surface area contributed by atoms with Crippen LogP contribution in [0, 0.1) is 11.3 Å². The lowest BCUT2D eigenvalue weighted by molar-refractivity contribution is 0.198. The Bertz CT molecular complexity index is 545. The molecule has 1 aromatic heterocycles. The Morgan fingerprint density at radius 1 is 1.30 bits per heavy atom. The van der Waals surface area contributed by atoms with Crippen LogP contribution in [0.3, 0.4) is 0 Å². The SMILES string of the molecule is C[C@@H](NC(=O)NCC(C)(C)C1CCCC1)c1nnnn1C1CC1. The van der Waals surface area contributed by atoms with E-state index in [0.717, 1.165) is 18.7 Å². The number of rotatable bonds is 6. The largest absolute Gasteiger partial charge is 0.338 e. The molecule has 2 saturated carbocycles. The average Bonchev–Trinajstić information content (AvgIpc) is 3.03. The van der Waals surface area contributed by atoms with Crippen molar-refractivity contribution in [2.45, 2.75) is 71.4 Å². The fourth-order valence-corrected chi connectivity index (χ4v) is 3.54. The Hall–Kier alpha value is -1.66. The Kier molecular flexibility index (Phi) is 4.55. The standard InChI is InChI=1S/C16H28N6O/c1-11(14-19-20-21-22(14)13-8-9-13)18-15(23)17-10-16(2,3)12-6-4-5-7-12/h11-13H,4-10H2,1-3H3,(H2,17,18,23)/t11-/m1/s1. The van der Waals surface area contributed by atoms with E-state index in [2.05, 4.69) is 40.0 Å². The highest BCUT2D eigenvalue weighted by atomic mass is 16.2. The quantitative estimate of drug-likeness (QED) is 0.843. The van der Waals surface area contributed by atoms with Crippen molar-refractivity contribution in [1.82, 2.24) is 30.8 Å². The normalized spacial score (nSPS) is 20.5. The molecule has 2 fully saturated rings. The number of hydrogen-bond donors (Lipinski definition) is 2. The average molecular weight is 320 g/mol. The minimum absolute atomic E-state index is 0.145. The van der Waals surface area contributed by atoms with Crippen molar-refractivity contribution in [1.29, 1.82) is 0 Å². The molecule has 0 radical (unpaired) electrons. The lowest BCUT2D eigenvalue weighted by Gasteiger charge is -2.32. The van der Waals surface area contributed by atoms with Crippen LogP contribution in [0.2, 0.25) is 0 Å². The van der Waals surface area contributed by atoms with Gasteiger partial charge in [-0.2, -0.15) is 0 Å². The third-order valence-corrected chi connectivity index (χ3v) is 5.31. The van der Waals surface area contributed by atoms with E-state index in [1.165, 1.54) is 25.7 Å². The smallest absolute Gasteiger partial charge is 0.315 e. The highest BCUT2D eigenvalue weighted by Crippen LogP contribution is 2.39. The number of hydrogen-bond acceptors (Lipinski definition) is 4. The summed E-state index contributed by atoms with van der Waals surface area (Å²) in [5, 5.41) is 17.8. The lowest BCUT2D eigenvalue weighted by atomic mass is 9.78. The maximum Gasteiger partial charge on any atom is 0.315 e. The van der Waals surface area contributed by atoms with Crippen molar-refractivity contribution < 1.29 is 4.79 Å². The number of amides is 2. The third-order valence-electron chi connectivity index (χ3n) is 5.31. The Morgan fingerprint density at radius 3 is 2.65 bits per heavy atom. The van der Waals surface area contributed by atoms with Gasteiger partial charge in [0.1, 0.15) is 0 Å². The second kappa shape index (κ2) is 6.45. The van der Waals surface area contributed by atoms with E-state index < -0.39 is 0 Å². The number of urea groups is 1. The van der Waals surface area contributed by atoms with E-state index in [1.54, 1.807) is 0 Å². The second-order valence-corrected chi connectivity index (χ2v) is 7.73. The minimum Gasteiger partial charge on any atom is -0.338 e. The second-order valence-electron chi connectivity index (χ2n) is 7.73. The molecular weight excluding hydrogens is 292 g/mol. The molecule has 0 unspecified atom stereocenters. The van der Waals surface area contributed by atoms with Gasteiger partial charge in [0, 0.05) is 6.54 Å². The van der Waals surface area contributed by atoms with E-state index in [0.29, 0.717) is 18.5 Å². The van der Waals surface area contributed by atoms with E-state index in [-0.39, 0.29) is 17.5 Å². The summed E-state index contributed by atoms with van der Waals surface area (Å²) in [6.45, 7) is 7.12. The first-order valence-corrected chi connectivity index (χ1v) is 8.79. The summed E-state index contributed by atoms with van der Waals surface area (Å²) in [6, 6.07) is 0.0720. The maximum atomic E-state index is 12.2. The summed E-state index contributed by atoms with van der Waals surface area (Å²) in [5.74, 6) is 1.44. The molecule has 0 aromatic carbocycles. The highest BCUT2D eigenvalue weighted by molar-refractivity contribution is 5.74. The van der Waals surface area contributed by atoms with Crippen molar-refractivity contribution in [3.63, 3.8) is 0 Å². The van der Waals surface area contributed by atoms with Gasteiger partial charge in [0.2, 0.25) is 0 Å². The maximum absolute atomic E-state index is 12.2. The Morgan fingerprint density at radius 2 is 2.00 bits per heavy atom. The number of tetrazole rings is 1. The Labute approximate surface area is 137 Å². The van der Waals surface area contributed by atoms with E-state index in [4.69, 9.17) is 0 Å². The Balaban J connectivity index is 1.49. The topological polar surface area (TPSA) is 84.7 Å². The summed E-state index contributed by atoms with van der Waals surface area (Å²) in [4.78, 5) is 12.2. The van der Waals surface area contributed by atoms with Crippen LogP contribution in [0.1, 0.15) is 77.2 Å². The van der Waals surface area contributed by atoms with Gasteiger partial charge < -0.3 is 10.6 Å². The molecule has 0 bridgehead atoms. The van der Waals surface area contributed by atoms with E-state index in [9.17, 15) is 4.79 Å². The van der Waals surface area contributed by atoms with Gasteiger partial charge in [-0.3, -0.25) is 0 Å². The van der Waals surface area contributed by atoms with Crippen LogP contribution in [0.4, 0.5) is 4.79 Å². The zero-order valence-electron chi connectivity index (χ0n) is 14.4. The molecule has 0 spiro atoms. The van der Waals surface area contributed by atoms with Crippen molar-refractivity contribution in [3.8, 4) is 0 Å². The van der Waals surface area contributed by atoms with Gasteiger partial charge in [0.15, 0.2) is 5.82 Å². The van der Waals surface area contributed by atoms with Crippen molar-refractivity contribution in [2.75, 3.05) is 6.54 Å². The van der Waals surface area contributed by atoms with Crippen LogP contribution >= 0.6 is 0 Å². The van der Waals surface area contributed by atoms with Crippen LogP contribution in [0.15, 0.2) is 0 Å². The fraction of sp³-hybridized carbons (Fsp3) is 0.875. The van der Waals surface area contributed by atoms with Crippen molar-refractivity contribution >= 4 is 6.03 Å². The van der Waals surface area contributed by atoms with Crippen LogP contribution in [-0.4, -0.2) is 32.8 Å². The summed E-state index contributed by atoms with van der Waals surface area (Å²) in [7, 11) is 0. The van der Waals surface area contributed by atoms with Gasteiger partial charge in [0.25, 0.3) is 0 Å². The van der Waals surface area contributed by atoms with Gasteiger partial charge in [0.05, 0.1) is 12.1 Å². The number of carbonyl (C=O) groups excluding carboxylic acids is 1. The molecule has 0 aliphatic heterocycles. The summed E-state index contributed by atoms with van der Waals surface area (Å²) >= 11 is 0. The molecule has 1 atom stereocenters. The number of nitrogens with one attached hydrogen (secondary N) is 2. The molecule has 2 N–H and O–H groups in total. The van der Waals surface area contributed by atoms with Crippen LogP contribution < -0.4 is 10.6 Å². The van der Waals surface area contributed by atoms with Gasteiger partial charge in [-0.1, -0.05) is 26.7 Å². The van der Waals surface area contributed by atoms with Gasteiger partial charge in [-0.05, 0) is 54.4 Å². The van der Waals surface area contributed by atoms with Gasteiger partial charge in [-0.15, -0.1) is 5.10 Å². The van der Waals surface area contributed by atoms with Gasteiger partial charge in [-0.25, -0.2) is 9.48 Å². The molecule has 2 amide bonds. The van der Waals surface area contributed by atoms with Crippen LogP contribution in [0.5, 0.6) is 0 Å². The van der Waals surface area contributed by atoms with Crippen molar-refractivity contribution in [3.05, 3.63) is 5.82 Å². The number of nitrogens with zero attached hydrogens (tertiary/aromatic N) is 4. The first-order valence-electron chi connectivity index (χ1n) is 8.79. The minimum atomic E-state index is -0.194. The molecule has 0 saturated heterocycles. The molecule has 23 heavy (non-hydrogen) atoms. The molecule has 2 aliphatic carbocycles. The lowest BCUT2D eigenvalue weighted by Crippen LogP contribution is -2.43. The molecule has 1 aromatic rings. The third kappa shape index (κ3) is 3.82. The van der Waals surface area contributed by atoms with Crippen molar-refractivity contribution in [2.24, 2.45) is 11.3 Å². The molecule has 1 heterocycles. The molecule has 7 nitrogen and oxygen atoms in total. The predicted molar refractivity (Wildman–Crippen MR) is 86.8 cm³/mol. The first kappa shape index (κ1) is 16.2. The van der Waals surface area contributed by atoms with Crippen LogP contribution in [-0.2, 0) is 0 Å².